The molecule has 1 saturated heterocycles. The number of piperazine rings is 1. The summed E-state index contributed by atoms with van der Waals surface area (Å²) in [5.74, 6) is 0.812. The van der Waals surface area contributed by atoms with Crippen LogP contribution in [0.25, 0.3) is 0 Å². The number of carbonyl (C=O) groups is 2. The maximum Gasteiger partial charge on any atom is 0.250 e. The number of hydrogen-bond donors (Lipinski definition) is 0. The van der Waals surface area contributed by atoms with Crippen LogP contribution in [0.1, 0.15) is 55.3 Å². The number of benzene rings is 2. The average Bonchev–Trinajstić information content (AvgIpc) is 2.76. The molecule has 0 N–H and O–H groups in total. The van der Waals surface area contributed by atoms with Crippen molar-refractivity contribution in [3.63, 3.8) is 0 Å². The van der Waals surface area contributed by atoms with Crippen LogP contribution in [-0.4, -0.2) is 40.7 Å². The van der Waals surface area contributed by atoms with Crippen molar-refractivity contribution in [3.05, 3.63) is 70.2 Å². The monoisotopic (exact) mass is 438 g/mol. The van der Waals surface area contributed by atoms with E-state index in [1.54, 1.807) is 4.90 Å². The first kappa shape index (κ1) is 21.9. The lowest BCUT2D eigenvalue weighted by Crippen LogP contribution is -2.59. The molecule has 4 nitrogen and oxygen atoms in total. The Hall–Kier alpha value is -2.33. The van der Waals surface area contributed by atoms with E-state index in [9.17, 15) is 9.59 Å². The molecule has 0 spiro atoms. The van der Waals surface area contributed by atoms with Crippen LogP contribution in [0.3, 0.4) is 0 Å². The van der Waals surface area contributed by atoms with Gasteiger partial charge in [-0.15, -0.1) is 0 Å². The predicted molar refractivity (Wildman–Crippen MR) is 124 cm³/mol. The van der Waals surface area contributed by atoms with Crippen LogP contribution >= 0.6 is 11.6 Å². The smallest absolute Gasteiger partial charge is 0.250 e. The average molecular weight is 439 g/mol. The third-order valence-corrected chi connectivity index (χ3v) is 7.08. The van der Waals surface area contributed by atoms with Gasteiger partial charge in [0.2, 0.25) is 5.91 Å². The summed E-state index contributed by atoms with van der Waals surface area (Å²) >= 11 is 6.00. The van der Waals surface area contributed by atoms with E-state index in [-0.39, 0.29) is 24.4 Å². The first-order valence-electron chi connectivity index (χ1n) is 11.3. The minimum atomic E-state index is -0.548. The second-order valence-corrected chi connectivity index (χ2v) is 9.59. The molecule has 0 bridgehead atoms. The standard InChI is InChI=1S/C26H31ClN2O2/c1-18-3-9-21(10-4-18)25-26(31)29(23-13-5-19(2)6-14-23)17-24(30)28(25)16-15-20-7-11-22(27)12-8-20/h3-4,7-12,19,23,25H,5-6,13-17H2,1-2H3/t19?,23?,25-/m1/s1. The zero-order valence-electron chi connectivity index (χ0n) is 18.4. The number of carbonyl (C=O) groups excluding carboxylic acids is 2. The van der Waals surface area contributed by atoms with Crippen LogP contribution in [0.5, 0.6) is 0 Å². The van der Waals surface area contributed by atoms with Gasteiger partial charge in [-0.25, -0.2) is 0 Å². The predicted octanol–water partition coefficient (Wildman–Crippen LogP) is 5.18. The fraction of sp³-hybridized carbons (Fsp3) is 0.462. The van der Waals surface area contributed by atoms with Crippen LogP contribution in [-0.2, 0) is 16.0 Å². The largest absolute Gasteiger partial charge is 0.328 e. The summed E-state index contributed by atoms with van der Waals surface area (Å²) < 4.78 is 0. The molecule has 1 saturated carbocycles. The summed E-state index contributed by atoms with van der Waals surface area (Å²) in [5.41, 5.74) is 3.15. The maximum atomic E-state index is 13.7. The highest BCUT2D eigenvalue weighted by molar-refractivity contribution is 6.30. The van der Waals surface area contributed by atoms with Crippen molar-refractivity contribution >= 4 is 23.4 Å². The molecule has 2 aliphatic rings. The quantitative estimate of drug-likeness (QED) is 0.645. The van der Waals surface area contributed by atoms with Gasteiger partial charge in [0.15, 0.2) is 0 Å². The second-order valence-electron chi connectivity index (χ2n) is 9.16. The normalized spacial score (nSPS) is 24.5. The van der Waals surface area contributed by atoms with Gasteiger partial charge < -0.3 is 9.80 Å². The fourth-order valence-electron chi connectivity index (χ4n) is 4.84. The Morgan fingerprint density at radius 2 is 1.58 bits per heavy atom. The molecule has 1 heterocycles. The summed E-state index contributed by atoms with van der Waals surface area (Å²) in [6, 6.07) is 15.3. The number of nitrogens with zero attached hydrogens (tertiary/aromatic N) is 2. The van der Waals surface area contributed by atoms with E-state index >= 15 is 0 Å². The summed E-state index contributed by atoms with van der Waals surface area (Å²) in [4.78, 5) is 30.7. The number of hydrogen-bond acceptors (Lipinski definition) is 2. The van der Waals surface area contributed by atoms with Gasteiger partial charge in [-0.05, 0) is 68.2 Å². The van der Waals surface area contributed by atoms with Gasteiger partial charge in [-0.1, -0.05) is 60.5 Å². The summed E-state index contributed by atoms with van der Waals surface area (Å²) in [6.45, 7) is 5.01. The molecule has 1 aliphatic heterocycles. The Labute approximate surface area is 190 Å². The first-order chi connectivity index (χ1) is 14.9. The zero-order chi connectivity index (χ0) is 22.0. The van der Waals surface area contributed by atoms with E-state index in [1.165, 1.54) is 0 Å². The van der Waals surface area contributed by atoms with E-state index in [2.05, 4.69) is 6.92 Å². The zero-order valence-corrected chi connectivity index (χ0v) is 19.1. The highest BCUT2D eigenvalue weighted by Gasteiger charge is 2.43. The molecule has 2 amide bonds. The van der Waals surface area contributed by atoms with Crippen molar-refractivity contribution in [3.8, 4) is 0 Å². The minimum absolute atomic E-state index is 0.0396. The van der Waals surface area contributed by atoms with E-state index in [0.29, 0.717) is 23.9 Å². The van der Waals surface area contributed by atoms with Crippen LogP contribution in [0.15, 0.2) is 48.5 Å². The van der Waals surface area contributed by atoms with Gasteiger partial charge in [0, 0.05) is 17.6 Å². The molecule has 4 rings (SSSR count). The van der Waals surface area contributed by atoms with Crippen molar-refractivity contribution in [2.45, 2.75) is 58.0 Å². The van der Waals surface area contributed by atoms with Crippen LogP contribution in [0.2, 0.25) is 5.02 Å². The first-order valence-corrected chi connectivity index (χ1v) is 11.7. The highest BCUT2D eigenvalue weighted by Crippen LogP contribution is 2.34. The highest BCUT2D eigenvalue weighted by atomic mass is 35.5. The van der Waals surface area contributed by atoms with Gasteiger partial charge in [-0.2, -0.15) is 0 Å². The molecule has 2 fully saturated rings. The third-order valence-electron chi connectivity index (χ3n) is 6.83. The van der Waals surface area contributed by atoms with Gasteiger partial charge in [0.1, 0.15) is 12.6 Å². The lowest BCUT2D eigenvalue weighted by Gasteiger charge is -2.45. The molecular formula is C26H31ClN2O2. The van der Waals surface area contributed by atoms with E-state index in [0.717, 1.165) is 42.4 Å². The van der Waals surface area contributed by atoms with E-state index < -0.39 is 6.04 Å². The topological polar surface area (TPSA) is 40.6 Å². The third kappa shape index (κ3) is 4.95. The number of amides is 2. The Bertz CT molecular complexity index is 917. The molecule has 0 aromatic heterocycles. The van der Waals surface area contributed by atoms with Crippen molar-refractivity contribution in [2.24, 2.45) is 5.92 Å². The maximum absolute atomic E-state index is 13.7. The van der Waals surface area contributed by atoms with Crippen molar-refractivity contribution in [2.75, 3.05) is 13.1 Å². The molecule has 31 heavy (non-hydrogen) atoms. The van der Waals surface area contributed by atoms with Gasteiger partial charge in [0.05, 0.1) is 0 Å². The van der Waals surface area contributed by atoms with Crippen molar-refractivity contribution in [1.82, 2.24) is 9.80 Å². The molecule has 1 aliphatic carbocycles. The molecule has 0 radical (unpaired) electrons. The molecule has 1 atom stereocenters. The molecule has 5 heteroatoms. The number of aryl methyl sites for hydroxylation is 1. The van der Waals surface area contributed by atoms with Crippen LogP contribution in [0.4, 0.5) is 0 Å². The van der Waals surface area contributed by atoms with E-state index in [1.807, 2.05) is 60.4 Å². The van der Waals surface area contributed by atoms with Gasteiger partial charge in [-0.3, -0.25) is 9.59 Å². The van der Waals surface area contributed by atoms with Gasteiger partial charge in [0.25, 0.3) is 5.91 Å². The number of rotatable bonds is 5. The van der Waals surface area contributed by atoms with Crippen molar-refractivity contribution in [1.29, 1.82) is 0 Å². The summed E-state index contributed by atoms with van der Waals surface area (Å²) in [6.07, 6.45) is 4.92. The Morgan fingerprint density at radius 1 is 0.935 bits per heavy atom. The summed E-state index contributed by atoms with van der Waals surface area (Å²) in [7, 11) is 0. The molecule has 164 valence electrons. The van der Waals surface area contributed by atoms with Crippen LogP contribution < -0.4 is 0 Å². The fourth-order valence-corrected chi connectivity index (χ4v) is 4.96. The SMILES string of the molecule is Cc1ccc([C@@H]2C(=O)N(C3CCC(C)CC3)CC(=O)N2CCc2ccc(Cl)cc2)cc1. The molecule has 2 aromatic carbocycles. The van der Waals surface area contributed by atoms with Crippen LogP contribution in [0, 0.1) is 12.8 Å². The Morgan fingerprint density at radius 3 is 2.23 bits per heavy atom. The molecule has 0 unspecified atom stereocenters. The number of halogens is 1. The molecule has 2 aromatic rings. The Balaban J connectivity index is 1.58. The lowest BCUT2D eigenvalue weighted by atomic mass is 9.85. The lowest BCUT2D eigenvalue weighted by molar-refractivity contribution is -0.159. The summed E-state index contributed by atoms with van der Waals surface area (Å²) in [5, 5.41) is 0.697. The second kappa shape index (κ2) is 9.44. The van der Waals surface area contributed by atoms with Gasteiger partial charge >= 0.3 is 0 Å². The minimum Gasteiger partial charge on any atom is -0.328 e. The van der Waals surface area contributed by atoms with Crippen molar-refractivity contribution < 1.29 is 9.59 Å². The molecular weight excluding hydrogens is 408 g/mol. The van der Waals surface area contributed by atoms with E-state index in [4.69, 9.17) is 11.6 Å². The Kier molecular flexibility index (Phi) is 6.66.